The minimum atomic E-state index is 0.720. The fourth-order valence-electron chi connectivity index (χ4n) is 2.91. The molecule has 1 saturated heterocycles. The molecule has 1 aromatic heterocycles. The van der Waals surface area contributed by atoms with Gasteiger partial charge < -0.3 is 19.7 Å². The number of anilines is 1. The summed E-state index contributed by atoms with van der Waals surface area (Å²) < 4.78 is 10.6. The zero-order valence-electron chi connectivity index (χ0n) is 15.1. The normalized spacial score (nSPS) is 14.8. The summed E-state index contributed by atoms with van der Waals surface area (Å²) in [5.41, 5.74) is 1.97. The average Bonchev–Trinajstić information content (AvgIpc) is 2.69. The lowest BCUT2D eigenvalue weighted by molar-refractivity contribution is 0.175. The molecule has 0 atom stereocenters. The highest BCUT2D eigenvalue weighted by Crippen LogP contribution is 2.26. The summed E-state index contributed by atoms with van der Waals surface area (Å²) in [7, 11) is 3.27. The summed E-state index contributed by atoms with van der Waals surface area (Å²) >= 11 is 5.59. The molecule has 0 radical (unpaired) electrons. The Morgan fingerprint density at radius 3 is 2.35 bits per heavy atom. The molecule has 3 rings (SSSR count). The Balaban J connectivity index is 1.54. The zero-order chi connectivity index (χ0) is 18.4. The quantitative estimate of drug-likeness (QED) is 0.810. The lowest BCUT2D eigenvalue weighted by atomic mass is 10.2. The third-order valence-corrected chi connectivity index (χ3v) is 4.73. The molecule has 1 aromatic carbocycles. The Morgan fingerprint density at radius 2 is 1.77 bits per heavy atom. The van der Waals surface area contributed by atoms with Crippen LogP contribution < -0.4 is 14.8 Å². The maximum Gasteiger partial charge on any atom is 0.173 e. The molecule has 138 valence electrons. The fraction of sp³-hybridized carbons (Fsp3) is 0.368. The van der Waals surface area contributed by atoms with E-state index in [9.17, 15) is 0 Å². The Bertz CT molecular complexity index is 711. The van der Waals surface area contributed by atoms with Crippen molar-refractivity contribution in [3.8, 4) is 11.5 Å². The smallest absolute Gasteiger partial charge is 0.173 e. The van der Waals surface area contributed by atoms with Crippen molar-refractivity contribution in [1.82, 2.24) is 14.8 Å². The number of methoxy groups -OCH3 is 2. The molecule has 2 aromatic rings. The molecule has 1 aliphatic heterocycles. The highest BCUT2D eigenvalue weighted by Gasteiger charge is 2.19. The molecule has 0 unspecified atom stereocenters. The van der Waals surface area contributed by atoms with Crippen LogP contribution in [0, 0.1) is 0 Å². The minimum absolute atomic E-state index is 0.720. The molecule has 1 N–H and O–H groups in total. The van der Waals surface area contributed by atoms with Crippen molar-refractivity contribution >= 4 is 23.0 Å². The van der Waals surface area contributed by atoms with Gasteiger partial charge in [0.05, 0.1) is 19.9 Å². The second-order valence-electron chi connectivity index (χ2n) is 6.12. The van der Waals surface area contributed by atoms with Gasteiger partial charge in [-0.15, -0.1) is 0 Å². The van der Waals surface area contributed by atoms with E-state index in [1.54, 1.807) is 14.2 Å². The van der Waals surface area contributed by atoms with Crippen LogP contribution in [0.1, 0.15) is 5.69 Å². The Hall–Kier alpha value is -2.38. The maximum absolute atomic E-state index is 5.59. The van der Waals surface area contributed by atoms with Gasteiger partial charge in [0.1, 0.15) is 11.5 Å². The van der Waals surface area contributed by atoms with Crippen LogP contribution in [0.5, 0.6) is 11.5 Å². The second kappa shape index (κ2) is 8.82. The molecule has 0 amide bonds. The summed E-state index contributed by atoms with van der Waals surface area (Å²) in [5, 5.41) is 4.01. The number of nitrogens with zero attached hydrogens (tertiary/aromatic N) is 3. The molecule has 1 fully saturated rings. The topological polar surface area (TPSA) is 49.9 Å². The van der Waals surface area contributed by atoms with E-state index in [0.717, 1.165) is 60.7 Å². The van der Waals surface area contributed by atoms with E-state index >= 15 is 0 Å². The monoisotopic (exact) mass is 372 g/mol. The zero-order valence-corrected chi connectivity index (χ0v) is 16.0. The van der Waals surface area contributed by atoms with Gasteiger partial charge in [-0.1, -0.05) is 6.07 Å². The van der Waals surface area contributed by atoms with Crippen LogP contribution in [0.25, 0.3) is 0 Å². The van der Waals surface area contributed by atoms with Gasteiger partial charge in [0.25, 0.3) is 0 Å². The average molecular weight is 372 g/mol. The van der Waals surface area contributed by atoms with Crippen molar-refractivity contribution in [3.05, 3.63) is 48.3 Å². The van der Waals surface area contributed by atoms with Gasteiger partial charge in [0, 0.05) is 62.8 Å². The van der Waals surface area contributed by atoms with Crippen LogP contribution in [0.2, 0.25) is 0 Å². The van der Waals surface area contributed by atoms with E-state index in [2.05, 4.69) is 26.2 Å². The SMILES string of the molecule is COc1cc(NC(=S)N2CCN(Cc3ccccn3)CC2)cc(OC)c1. The molecule has 0 spiro atoms. The van der Waals surface area contributed by atoms with Gasteiger partial charge in [0.15, 0.2) is 5.11 Å². The lowest BCUT2D eigenvalue weighted by Gasteiger charge is -2.36. The highest BCUT2D eigenvalue weighted by molar-refractivity contribution is 7.80. The van der Waals surface area contributed by atoms with Crippen molar-refractivity contribution in [2.24, 2.45) is 0 Å². The van der Waals surface area contributed by atoms with Gasteiger partial charge in [-0.05, 0) is 24.4 Å². The van der Waals surface area contributed by atoms with Gasteiger partial charge in [-0.3, -0.25) is 9.88 Å². The van der Waals surface area contributed by atoms with Crippen LogP contribution >= 0.6 is 12.2 Å². The van der Waals surface area contributed by atoms with Crippen LogP contribution in [0.15, 0.2) is 42.6 Å². The summed E-state index contributed by atoms with van der Waals surface area (Å²) in [6.07, 6.45) is 1.84. The molecule has 0 aliphatic carbocycles. The summed E-state index contributed by atoms with van der Waals surface area (Å²) in [6.45, 7) is 4.57. The fourth-order valence-corrected chi connectivity index (χ4v) is 3.21. The second-order valence-corrected chi connectivity index (χ2v) is 6.50. The van der Waals surface area contributed by atoms with Crippen molar-refractivity contribution in [1.29, 1.82) is 0 Å². The number of aromatic nitrogens is 1. The molecular weight excluding hydrogens is 348 g/mol. The number of pyridine rings is 1. The van der Waals surface area contributed by atoms with E-state index in [0.29, 0.717) is 0 Å². The first kappa shape index (κ1) is 18.4. The van der Waals surface area contributed by atoms with Crippen LogP contribution in [-0.4, -0.2) is 60.3 Å². The van der Waals surface area contributed by atoms with Gasteiger partial charge >= 0.3 is 0 Å². The number of rotatable bonds is 5. The predicted octanol–water partition coefficient (Wildman–Crippen LogP) is 2.61. The van der Waals surface area contributed by atoms with Crippen molar-refractivity contribution < 1.29 is 9.47 Å². The first-order valence-electron chi connectivity index (χ1n) is 8.59. The van der Waals surface area contributed by atoms with E-state index in [-0.39, 0.29) is 0 Å². The van der Waals surface area contributed by atoms with Crippen LogP contribution in [-0.2, 0) is 6.54 Å². The van der Waals surface area contributed by atoms with E-state index in [1.165, 1.54) is 0 Å². The number of thiocarbonyl (C=S) groups is 1. The van der Waals surface area contributed by atoms with E-state index in [1.807, 2.05) is 36.5 Å². The largest absolute Gasteiger partial charge is 0.497 e. The van der Waals surface area contributed by atoms with Gasteiger partial charge in [-0.2, -0.15) is 0 Å². The van der Waals surface area contributed by atoms with Gasteiger partial charge in [-0.25, -0.2) is 0 Å². The standard InChI is InChI=1S/C19H24N4O2S/c1-24-17-11-16(12-18(13-17)25-2)21-19(26)23-9-7-22(8-10-23)14-15-5-3-4-6-20-15/h3-6,11-13H,7-10,14H2,1-2H3,(H,21,26). The first-order valence-corrected chi connectivity index (χ1v) is 9.00. The van der Waals surface area contributed by atoms with Crippen molar-refractivity contribution in [3.63, 3.8) is 0 Å². The Labute approximate surface area is 159 Å². The number of nitrogens with one attached hydrogen (secondary N) is 1. The first-order chi connectivity index (χ1) is 12.7. The van der Waals surface area contributed by atoms with Crippen molar-refractivity contribution in [2.75, 3.05) is 45.7 Å². The molecule has 7 heteroatoms. The number of hydrogen-bond donors (Lipinski definition) is 1. The molecule has 0 bridgehead atoms. The summed E-state index contributed by atoms with van der Waals surface area (Å²) in [5.74, 6) is 1.46. The van der Waals surface area contributed by atoms with Crippen LogP contribution in [0.3, 0.4) is 0 Å². The number of hydrogen-bond acceptors (Lipinski definition) is 5. The number of ether oxygens (including phenoxy) is 2. The maximum atomic E-state index is 5.59. The van der Waals surface area contributed by atoms with E-state index in [4.69, 9.17) is 21.7 Å². The molecule has 0 saturated carbocycles. The van der Waals surface area contributed by atoms with Crippen molar-refractivity contribution in [2.45, 2.75) is 6.54 Å². The third kappa shape index (κ3) is 4.83. The summed E-state index contributed by atoms with van der Waals surface area (Å²) in [4.78, 5) is 8.99. The minimum Gasteiger partial charge on any atom is -0.497 e. The number of piperazine rings is 1. The van der Waals surface area contributed by atoms with Gasteiger partial charge in [0.2, 0.25) is 0 Å². The highest BCUT2D eigenvalue weighted by atomic mass is 32.1. The molecule has 2 heterocycles. The van der Waals surface area contributed by atoms with E-state index < -0.39 is 0 Å². The molecular formula is C19H24N4O2S. The number of benzene rings is 1. The molecule has 6 nitrogen and oxygen atoms in total. The van der Waals surface area contributed by atoms with Crippen LogP contribution in [0.4, 0.5) is 5.69 Å². The Morgan fingerprint density at radius 1 is 1.08 bits per heavy atom. The lowest BCUT2D eigenvalue weighted by Crippen LogP contribution is -2.49. The molecule has 1 aliphatic rings. The predicted molar refractivity (Wildman–Crippen MR) is 107 cm³/mol. The summed E-state index contributed by atoms with van der Waals surface area (Å²) in [6, 6.07) is 11.7. The Kier molecular flexibility index (Phi) is 6.25. The third-order valence-electron chi connectivity index (χ3n) is 4.37. The molecule has 26 heavy (non-hydrogen) atoms.